The minimum absolute atomic E-state index is 0.145. The highest BCUT2D eigenvalue weighted by Gasteiger charge is 2.39. The zero-order valence-electron chi connectivity index (χ0n) is 10.9. The van der Waals surface area contributed by atoms with E-state index < -0.39 is 0 Å². The van der Waals surface area contributed by atoms with Crippen molar-refractivity contribution in [2.75, 3.05) is 5.32 Å². The van der Waals surface area contributed by atoms with Crippen molar-refractivity contribution in [2.45, 2.75) is 52.9 Å². The number of H-pyrrole nitrogens is 1. The van der Waals surface area contributed by atoms with Crippen LogP contribution in [0.3, 0.4) is 0 Å². The second-order valence-corrected chi connectivity index (χ2v) is 5.12. The first kappa shape index (κ1) is 12.1. The van der Waals surface area contributed by atoms with E-state index in [0.29, 0.717) is 5.82 Å². The number of anilines is 1. The van der Waals surface area contributed by atoms with Crippen molar-refractivity contribution >= 4 is 11.7 Å². The van der Waals surface area contributed by atoms with Crippen molar-refractivity contribution in [1.29, 1.82) is 0 Å². The molecule has 17 heavy (non-hydrogen) atoms. The van der Waals surface area contributed by atoms with Gasteiger partial charge >= 0.3 is 0 Å². The average molecular weight is 235 g/mol. The zero-order chi connectivity index (χ0) is 12.5. The topological polar surface area (TPSA) is 57.8 Å². The van der Waals surface area contributed by atoms with Crippen molar-refractivity contribution in [3.8, 4) is 0 Å². The molecule has 0 unspecified atom stereocenters. The molecule has 1 fully saturated rings. The molecule has 1 aromatic rings. The molecular formula is C13H21N3O. The van der Waals surface area contributed by atoms with E-state index in [1.165, 1.54) is 12.8 Å². The Kier molecular flexibility index (Phi) is 3.22. The highest BCUT2D eigenvalue weighted by atomic mass is 16.2. The maximum Gasteiger partial charge on any atom is 0.231 e. The van der Waals surface area contributed by atoms with Gasteiger partial charge in [-0.25, -0.2) is 0 Å². The smallest absolute Gasteiger partial charge is 0.231 e. The van der Waals surface area contributed by atoms with Crippen molar-refractivity contribution in [3.63, 3.8) is 0 Å². The Bertz CT molecular complexity index is 416. The molecule has 4 nitrogen and oxygen atoms in total. The number of rotatable bonds is 3. The van der Waals surface area contributed by atoms with Crippen LogP contribution in [0.2, 0.25) is 0 Å². The Morgan fingerprint density at radius 1 is 1.41 bits per heavy atom. The monoisotopic (exact) mass is 235 g/mol. The van der Waals surface area contributed by atoms with Crippen LogP contribution >= 0.6 is 0 Å². The van der Waals surface area contributed by atoms with E-state index >= 15 is 0 Å². The molecule has 0 bridgehead atoms. The van der Waals surface area contributed by atoms with Gasteiger partial charge in [-0.15, -0.1) is 0 Å². The minimum Gasteiger partial charge on any atom is -0.309 e. The molecule has 0 saturated heterocycles. The molecule has 1 heterocycles. The van der Waals surface area contributed by atoms with Crippen molar-refractivity contribution in [2.24, 2.45) is 5.41 Å². The SMILES string of the molecule is CCC1(C(=O)Nc2n[nH]c(C)c2C)CCCC1. The summed E-state index contributed by atoms with van der Waals surface area (Å²) in [5.41, 5.74) is 1.89. The summed E-state index contributed by atoms with van der Waals surface area (Å²) in [6.07, 6.45) is 5.27. The third kappa shape index (κ3) is 2.08. The highest BCUT2D eigenvalue weighted by molar-refractivity contribution is 5.95. The number of carbonyl (C=O) groups is 1. The summed E-state index contributed by atoms with van der Waals surface area (Å²) >= 11 is 0. The quantitative estimate of drug-likeness (QED) is 0.846. The van der Waals surface area contributed by atoms with Crippen LogP contribution in [0.15, 0.2) is 0 Å². The van der Waals surface area contributed by atoms with Gasteiger partial charge in [-0.1, -0.05) is 19.8 Å². The Labute approximate surface area is 102 Å². The normalized spacial score (nSPS) is 18.3. The number of amides is 1. The summed E-state index contributed by atoms with van der Waals surface area (Å²) in [4.78, 5) is 12.4. The van der Waals surface area contributed by atoms with Crippen LogP contribution in [0.4, 0.5) is 5.82 Å². The first-order valence-electron chi connectivity index (χ1n) is 6.42. The molecule has 4 heteroatoms. The molecule has 1 aromatic heterocycles. The second kappa shape index (κ2) is 4.51. The van der Waals surface area contributed by atoms with E-state index in [1.54, 1.807) is 0 Å². The standard InChI is InChI=1S/C13H21N3O/c1-4-13(7-5-6-8-13)12(17)14-11-9(2)10(3)15-16-11/h4-8H2,1-3H3,(H2,14,15,16,17). The maximum absolute atomic E-state index is 12.4. The lowest BCUT2D eigenvalue weighted by Gasteiger charge is -2.25. The molecule has 1 saturated carbocycles. The van der Waals surface area contributed by atoms with Gasteiger partial charge in [-0.3, -0.25) is 9.89 Å². The van der Waals surface area contributed by atoms with Crippen molar-refractivity contribution < 1.29 is 4.79 Å². The van der Waals surface area contributed by atoms with Gasteiger partial charge in [0, 0.05) is 16.7 Å². The predicted molar refractivity (Wildman–Crippen MR) is 67.9 cm³/mol. The molecule has 1 aliphatic rings. The van der Waals surface area contributed by atoms with E-state index in [2.05, 4.69) is 22.4 Å². The van der Waals surface area contributed by atoms with Gasteiger partial charge in [0.05, 0.1) is 0 Å². The van der Waals surface area contributed by atoms with Crippen LogP contribution in [0.1, 0.15) is 50.3 Å². The van der Waals surface area contributed by atoms with Gasteiger partial charge in [-0.05, 0) is 33.1 Å². The van der Waals surface area contributed by atoms with E-state index in [1.807, 2.05) is 13.8 Å². The first-order valence-corrected chi connectivity index (χ1v) is 6.42. The van der Waals surface area contributed by atoms with Crippen LogP contribution in [-0.4, -0.2) is 16.1 Å². The molecule has 0 spiro atoms. The molecule has 0 aromatic carbocycles. The third-order valence-corrected chi connectivity index (χ3v) is 4.20. The summed E-state index contributed by atoms with van der Waals surface area (Å²) in [5, 5.41) is 10.0. The number of aromatic amines is 1. The number of hydrogen-bond acceptors (Lipinski definition) is 2. The van der Waals surface area contributed by atoms with Crippen LogP contribution in [0.5, 0.6) is 0 Å². The van der Waals surface area contributed by atoms with E-state index in [-0.39, 0.29) is 11.3 Å². The van der Waals surface area contributed by atoms with Gasteiger partial charge in [0.15, 0.2) is 5.82 Å². The number of hydrogen-bond donors (Lipinski definition) is 2. The number of nitrogens with zero attached hydrogens (tertiary/aromatic N) is 1. The maximum atomic E-state index is 12.4. The van der Waals surface area contributed by atoms with E-state index in [9.17, 15) is 4.79 Å². The van der Waals surface area contributed by atoms with Gasteiger partial charge in [-0.2, -0.15) is 5.10 Å². The van der Waals surface area contributed by atoms with Crippen LogP contribution in [-0.2, 0) is 4.79 Å². The predicted octanol–water partition coefficient (Wildman–Crippen LogP) is 2.94. The molecule has 0 aliphatic heterocycles. The number of carbonyl (C=O) groups excluding carboxylic acids is 1. The molecule has 1 amide bonds. The van der Waals surface area contributed by atoms with Crippen molar-refractivity contribution in [1.82, 2.24) is 10.2 Å². The van der Waals surface area contributed by atoms with Crippen LogP contribution in [0, 0.1) is 19.3 Å². The molecular weight excluding hydrogens is 214 g/mol. The summed E-state index contributed by atoms with van der Waals surface area (Å²) < 4.78 is 0. The molecule has 0 atom stereocenters. The van der Waals surface area contributed by atoms with Crippen LogP contribution in [0.25, 0.3) is 0 Å². The van der Waals surface area contributed by atoms with Gasteiger partial charge in [0.1, 0.15) is 0 Å². The highest BCUT2D eigenvalue weighted by Crippen LogP contribution is 2.41. The zero-order valence-corrected chi connectivity index (χ0v) is 10.9. The van der Waals surface area contributed by atoms with E-state index in [0.717, 1.165) is 30.5 Å². The Morgan fingerprint density at radius 2 is 2.06 bits per heavy atom. The Balaban J connectivity index is 2.13. The van der Waals surface area contributed by atoms with Gasteiger partial charge in [0.25, 0.3) is 0 Å². The molecule has 1 aliphatic carbocycles. The van der Waals surface area contributed by atoms with Gasteiger partial charge < -0.3 is 5.32 Å². The fraction of sp³-hybridized carbons (Fsp3) is 0.692. The fourth-order valence-corrected chi connectivity index (χ4v) is 2.64. The lowest BCUT2D eigenvalue weighted by molar-refractivity contribution is -0.125. The fourth-order valence-electron chi connectivity index (χ4n) is 2.64. The molecule has 2 rings (SSSR count). The van der Waals surface area contributed by atoms with Gasteiger partial charge in [0.2, 0.25) is 5.91 Å². The molecule has 94 valence electrons. The average Bonchev–Trinajstić information content (AvgIpc) is 2.92. The minimum atomic E-state index is -0.153. The van der Waals surface area contributed by atoms with E-state index in [4.69, 9.17) is 0 Å². The third-order valence-electron chi connectivity index (χ3n) is 4.20. The Hall–Kier alpha value is -1.32. The lowest BCUT2D eigenvalue weighted by atomic mass is 9.82. The second-order valence-electron chi connectivity index (χ2n) is 5.12. The number of aromatic nitrogens is 2. The summed E-state index contributed by atoms with van der Waals surface area (Å²) in [7, 11) is 0. The lowest BCUT2D eigenvalue weighted by Crippen LogP contribution is -2.33. The molecule has 0 radical (unpaired) electrons. The number of aryl methyl sites for hydroxylation is 1. The largest absolute Gasteiger partial charge is 0.309 e. The first-order chi connectivity index (χ1) is 8.09. The molecule has 2 N–H and O–H groups in total. The van der Waals surface area contributed by atoms with Crippen molar-refractivity contribution in [3.05, 3.63) is 11.3 Å². The summed E-state index contributed by atoms with van der Waals surface area (Å²) in [5.74, 6) is 0.833. The van der Waals surface area contributed by atoms with Crippen LogP contribution < -0.4 is 5.32 Å². The summed E-state index contributed by atoms with van der Waals surface area (Å²) in [6, 6.07) is 0. The Morgan fingerprint density at radius 3 is 2.53 bits per heavy atom. The summed E-state index contributed by atoms with van der Waals surface area (Å²) in [6.45, 7) is 6.04. The number of nitrogens with one attached hydrogen (secondary N) is 2.